The van der Waals surface area contributed by atoms with Gasteiger partial charge >= 0.3 is 0 Å². The van der Waals surface area contributed by atoms with E-state index in [9.17, 15) is 0 Å². The third kappa shape index (κ3) is 15.9. The molecule has 0 aromatic heterocycles. The molecule has 2 heteroatoms. The van der Waals surface area contributed by atoms with E-state index < -0.39 is 0 Å². The third-order valence-electron chi connectivity index (χ3n) is 3.20. The molecule has 0 aromatic carbocycles. The number of hydrogen-bond donors (Lipinski definition) is 0. The van der Waals surface area contributed by atoms with Gasteiger partial charge in [0.05, 0.1) is 13.2 Å². The fraction of sp³-hybridized carbons (Fsp3) is 1.00. The maximum atomic E-state index is 5.06. The van der Waals surface area contributed by atoms with Crippen LogP contribution in [0, 0.1) is 0 Å². The summed E-state index contributed by atoms with van der Waals surface area (Å²) >= 11 is 0. The molecule has 18 heavy (non-hydrogen) atoms. The van der Waals surface area contributed by atoms with Crippen molar-refractivity contribution in [2.75, 3.05) is 13.2 Å². The molecule has 2 nitrogen and oxygen atoms in total. The third-order valence-corrected chi connectivity index (χ3v) is 3.20. The van der Waals surface area contributed by atoms with Crippen LogP contribution in [0.25, 0.3) is 0 Å². The highest BCUT2D eigenvalue weighted by atomic mass is 17.2. The van der Waals surface area contributed by atoms with Gasteiger partial charge in [0.25, 0.3) is 0 Å². The largest absolute Gasteiger partial charge is 0.237 e. The van der Waals surface area contributed by atoms with E-state index in [1.54, 1.807) is 0 Å². The first-order valence-corrected chi connectivity index (χ1v) is 8.16. The van der Waals surface area contributed by atoms with Gasteiger partial charge in [-0.05, 0) is 12.8 Å². The molecule has 0 N–H and O–H groups in total. The fourth-order valence-corrected chi connectivity index (χ4v) is 2.03. The van der Waals surface area contributed by atoms with E-state index in [1.165, 1.54) is 64.2 Å². The van der Waals surface area contributed by atoms with Gasteiger partial charge in [-0.2, -0.15) is 0 Å². The summed E-state index contributed by atoms with van der Waals surface area (Å²) < 4.78 is 0. The highest BCUT2D eigenvalue weighted by Gasteiger charge is 1.93. The van der Waals surface area contributed by atoms with Gasteiger partial charge in [0, 0.05) is 0 Å². The molecule has 110 valence electrons. The molecule has 0 atom stereocenters. The summed E-state index contributed by atoms with van der Waals surface area (Å²) in [6.45, 7) is 5.84. The number of unbranched alkanes of at least 4 members (excludes halogenated alkanes) is 10. The van der Waals surface area contributed by atoms with Gasteiger partial charge in [0.2, 0.25) is 0 Å². The zero-order valence-corrected chi connectivity index (χ0v) is 12.7. The van der Waals surface area contributed by atoms with Crippen molar-refractivity contribution in [3.8, 4) is 0 Å². The summed E-state index contributed by atoms with van der Waals surface area (Å²) in [6, 6.07) is 0. The average Bonchev–Trinajstić information content (AvgIpc) is 2.39. The molecule has 0 aromatic rings. The second-order valence-electron chi connectivity index (χ2n) is 5.18. The van der Waals surface area contributed by atoms with Crippen molar-refractivity contribution in [2.45, 2.75) is 90.9 Å². The van der Waals surface area contributed by atoms with Crippen molar-refractivity contribution in [1.82, 2.24) is 0 Å². The SMILES string of the molecule is CCCCCCCCCCCCCOOCCC. The van der Waals surface area contributed by atoms with Crippen molar-refractivity contribution in [3.05, 3.63) is 0 Å². The molecular weight excluding hydrogens is 224 g/mol. The molecule has 0 aliphatic rings. The maximum absolute atomic E-state index is 5.06. The van der Waals surface area contributed by atoms with Crippen LogP contribution >= 0.6 is 0 Å². The molecule has 0 spiro atoms. The van der Waals surface area contributed by atoms with Crippen molar-refractivity contribution >= 4 is 0 Å². The molecule has 0 radical (unpaired) electrons. The van der Waals surface area contributed by atoms with Gasteiger partial charge in [-0.25, -0.2) is 9.78 Å². The predicted octanol–water partition coefficient (Wildman–Crippen LogP) is 5.66. The summed E-state index contributed by atoms with van der Waals surface area (Å²) in [7, 11) is 0. The van der Waals surface area contributed by atoms with Crippen LogP contribution < -0.4 is 0 Å². The fourth-order valence-electron chi connectivity index (χ4n) is 2.03. The van der Waals surface area contributed by atoms with Crippen LogP contribution in [0.15, 0.2) is 0 Å². The Morgan fingerprint density at radius 2 is 0.889 bits per heavy atom. The molecular formula is C16H34O2. The molecule has 0 bridgehead atoms. The van der Waals surface area contributed by atoms with E-state index in [1.807, 2.05) is 0 Å². The minimum absolute atomic E-state index is 0.720. The maximum Gasteiger partial charge on any atom is 0.0822 e. The summed E-state index contributed by atoms with van der Waals surface area (Å²) in [6.07, 6.45) is 16.1. The standard InChI is InChI=1S/C16H34O2/c1-3-5-6-7-8-9-10-11-12-13-14-16-18-17-15-4-2/h3-16H2,1-2H3. The highest BCUT2D eigenvalue weighted by Crippen LogP contribution is 2.11. The van der Waals surface area contributed by atoms with E-state index in [-0.39, 0.29) is 0 Å². The second kappa shape index (κ2) is 16.9. The van der Waals surface area contributed by atoms with Gasteiger partial charge in [-0.1, -0.05) is 78.1 Å². The van der Waals surface area contributed by atoms with E-state index in [0.717, 1.165) is 26.1 Å². The zero-order chi connectivity index (χ0) is 13.3. The van der Waals surface area contributed by atoms with Crippen LogP contribution in [0.4, 0.5) is 0 Å². The van der Waals surface area contributed by atoms with Crippen LogP contribution in [-0.4, -0.2) is 13.2 Å². The Hall–Kier alpha value is -0.0800. The van der Waals surface area contributed by atoms with Gasteiger partial charge in [0.15, 0.2) is 0 Å². The summed E-state index contributed by atoms with van der Waals surface area (Å²) in [5.41, 5.74) is 0. The lowest BCUT2D eigenvalue weighted by molar-refractivity contribution is -0.294. The van der Waals surface area contributed by atoms with Crippen LogP contribution in [0.2, 0.25) is 0 Å². The predicted molar refractivity (Wildman–Crippen MR) is 78.7 cm³/mol. The van der Waals surface area contributed by atoms with Crippen LogP contribution in [0.3, 0.4) is 0 Å². The Kier molecular flexibility index (Phi) is 16.8. The lowest BCUT2D eigenvalue weighted by atomic mass is 10.1. The summed E-state index contributed by atoms with van der Waals surface area (Å²) in [5, 5.41) is 0. The lowest BCUT2D eigenvalue weighted by Gasteiger charge is -2.03. The Bertz CT molecular complexity index is 121. The molecule has 0 aliphatic heterocycles. The average molecular weight is 258 g/mol. The van der Waals surface area contributed by atoms with Crippen molar-refractivity contribution < 1.29 is 9.78 Å². The van der Waals surface area contributed by atoms with Crippen LogP contribution in [-0.2, 0) is 9.78 Å². The Balaban J connectivity index is 2.86. The number of rotatable bonds is 15. The Labute approximate surface area is 114 Å². The molecule has 0 fully saturated rings. The molecule has 0 saturated heterocycles. The van der Waals surface area contributed by atoms with Crippen LogP contribution in [0.5, 0.6) is 0 Å². The van der Waals surface area contributed by atoms with Crippen molar-refractivity contribution in [1.29, 1.82) is 0 Å². The van der Waals surface area contributed by atoms with Crippen LogP contribution in [0.1, 0.15) is 90.9 Å². The summed E-state index contributed by atoms with van der Waals surface area (Å²) in [4.78, 5) is 10.0. The first kappa shape index (κ1) is 17.9. The van der Waals surface area contributed by atoms with Crippen molar-refractivity contribution in [3.63, 3.8) is 0 Å². The lowest BCUT2D eigenvalue weighted by Crippen LogP contribution is -1.97. The first-order valence-electron chi connectivity index (χ1n) is 8.16. The summed E-state index contributed by atoms with van der Waals surface area (Å²) in [5.74, 6) is 0. The topological polar surface area (TPSA) is 18.5 Å². The minimum Gasteiger partial charge on any atom is -0.237 e. The van der Waals surface area contributed by atoms with Gasteiger partial charge in [-0.15, -0.1) is 0 Å². The van der Waals surface area contributed by atoms with E-state index in [0.29, 0.717) is 0 Å². The Morgan fingerprint density at radius 1 is 0.444 bits per heavy atom. The van der Waals surface area contributed by atoms with E-state index in [2.05, 4.69) is 13.8 Å². The molecule has 0 heterocycles. The first-order chi connectivity index (χ1) is 8.91. The smallest absolute Gasteiger partial charge is 0.0822 e. The normalized spacial score (nSPS) is 11.0. The second-order valence-corrected chi connectivity index (χ2v) is 5.18. The van der Waals surface area contributed by atoms with E-state index >= 15 is 0 Å². The molecule has 0 saturated carbocycles. The van der Waals surface area contributed by atoms with Gasteiger partial charge in [-0.3, -0.25) is 0 Å². The van der Waals surface area contributed by atoms with E-state index in [4.69, 9.17) is 9.78 Å². The molecule has 0 amide bonds. The molecule has 0 rings (SSSR count). The quantitative estimate of drug-likeness (QED) is 0.214. The zero-order valence-electron chi connectivity index (χ0n) is 12.7. The number of hydrogen-bond acceptors (Lipinski definition) is 2. The van der Waals surface area contributed by atoms with Gasteiger partial charge in [0.1, 0.15) is 0 Å². The molecule has 0 unspecified atom stereocenters. The molecule has 0 aliphatic carbocycles. The Morgan fingerprint density at radius 3 is 1.39 bits per heavy atom. The monoisotopic (exact) mass is 258 g/mol. The van der Waals surface area contributed by atoms with Gasteiger partial charge < -0.3 is 0 Å². The van der Waals surface area contributed by atoms with Crippen molar-refractivity contribution in [2.24, 2.45) is 0 Å². The highest BCUT2D eigenvalue weighted by molar-refractivity contribution is 4.47. The minimum atomic E-state index is 0.720.